The van der Waals surface area contributed by atoms with Gasteiger partial charge < -0.3 is 4.90 Å². The highest BCUT2D eigenvalue weighted by Crippen LogP contribution is 2.39. The van der Waals surface area contributed by atoms with Crippen LogP contribution in [0.4, 0.5) is 5.69 Å². The van der Waals surface area contributed by atoms with Crippen molar-refractivity contribution in [3.63, 3.8) is 0 Å². The van der Waals surface area contributed by atoms with Gasteiger partial charge in [-0.3, -0.25) is 0 Å². The minimum Gasteiger partial charge on any atom is -0.304 e. The van der Waals surface area contributed by atoms with Gasteiger partial charge in [-0.05, 0) is 29.3 Å². The van der Waals surface area contributed by atoms with Crippen molar-refractivity contribution in [3.05, 3.63) is 108 Å². The molecule has 3 nitrogen and oxygen atoms in total. The number of anilines is 1. The minimum atomic E-state index is 0.0169. The summed E-state index contributed by atoms with van der Waals surface area (Å²) in [4.78, 5) is 2.25. The molecule has 0 bridgehead atoms. The van der Waals surface area contributed by atoms with E-state index in [-0.39, 0.29) is 6.17 Å². The van der Waals surface area contributed by atoms with E-state index in [2.05, 4.69) is 101 Å². The molecule has 2 heterocycles. The Hall–Kier alpha value is -3.33. The lowest BCUT2D eigenvalue weighted by atomic mass is 10.0. The molecule has 1 unspecified atom stereocenters. The smallest absolute Gasteiger partial charge is 0.163 e. The normalized spacial score (nSPS) is 17.9. The van der Waals surface area contributed by atoms with E-state index in [9.17, 15) is 0 Å². The molecule has 5 rings (SSSR count). The summed E-state index contributed by atoms with van der Waals surface area (Å²) in [7, 11) is 0. The molecular weight excluding hydrogens is 306 g/mol. The van der Waals surface area contributed by atoms with Crippen LogP contribution in [0.2, 0.25) is 0 Å². The summed E-state index contributed by atoms with van der Waals surface area (Å²) in [6.45, 7) is 0. The van der Waals surface area contributed by atoms with Crippen molar-refractivity contribution in [2.24, 2.45) is 5.10 Å². The van der Waals surface area contributed by atoms with Crippen LogP contribution < -0.4 is 5.01 Å². The van der Waals surface area contributed by atoms with Gasteiger partial charge in [-0.15, -0.1) is 0 Å². The molecule has 3 heteroatoms. The number of hydrogen-bond donors (Lipinski definition) is 0. The first-order valence-electron chi connectivity index (χ1n) is 8.45. The average molecular weight is 323 g/mol. The first-order valence-corrected chi connectivity index (χ1v) is 8.45. The fraction of sp³-hybridized carbons (Fsp3) is 0.0455. The second-order valence-electron chi connectivity index (χ2n) is 6.20. The van der Waals surface area contributed by atoms with Crippen molar-refractivity contribution in [2.75, 3.05) is 5.01 Å². The highest BCUT2D eigenvalue weighted by molar-refractivity contribution is 6.06. The van der Waals surface area contributed by atoms with Crippen LogP contribution in [-0.2, 0) is 0 Å². The third-order valence-corrected chi connectivity index (χ3v) is 4.68. The lowest BCUT2D eigenvalue weighted by molar-refractivity contribution is 0.435. The maximum atomic E-state index is 5.00. The summed E-state index contributed by atoms with van der Waals surface area (Å²) >= 11 is 0. The van der Waals surface area contributed by atoms with Crippen molar-refractivity contribution >= 4 is 17.6 Å². The zero-order valence-corrected chi connectivity index (χ0v) is 13.7. The van der Waals surface area contributed by atoms with Crippen LogP contribution >= 0.6 is 0 Å². The fourth-order valence-electron chi connectivity index (χ4n) is 3.50. The topological polar surface area (TPSA) is 18.8 Å². The lowest BCUT2D eigenvalue weighted by Gasteiger charge is -2.31. The van der Waals surface area contributed by atoms with Crippen LogP contribution in [0.5, 0.6) is 0 Å². The molecule has 0 aromatic heterocycles. The Bertz CT molecular complexity index is 961. The number of para-hydroxylation sites is 1. The van der Waals surface area contributed by atoms with E-state index in [4.69, 9.17) is 5.10 Å². The van der Waals surface area contributed by atoms with E-state index in [1.807, 2.05) is 6.07 Å². The number of rotatable bonds is 2. The Morgan fingerprint density at radius 3 is 2.20 bits per heavy atom. The summed E-state index contributed by atoms with van der Waals surface area (Å²) < 4.78 is 0. The second kappa shape index (κ2) is 5.64. The maximum Gasteiger partial charge on any atom is 0.163 e. The molecule has 1 atom stereocenters. The highest BCUT2D eigenvalue weighted by atomic mass is 15.6. The monoisotopic (exact) mass is 323 g/mol. The van der Waals surface area contributed by atoms with Crippen molar-refractivity contribution in [1.29, 1.82) is 0 Å². The van der Waals surface area contributed by atoms with Gasteiger partial charge in [0.25, 0.3) is 0 Å². The molecule has 0 amide bonds. The van der Waals surface area contributed by atoms with E-state index >= 15 is 0 Å². The minimum absolute atomic E-state index is 0.0169. The average Bonchev–Trinajstić information content (AvgIpc) is 3.09. The van der Waals surface area contributed by atoms with E-state index in [1.165, 1.54) is 16.7 Å². The van der Waals surface area contributed by atoms with Gasteiger partial charge in [0.1, 0.15) is 0 Å². The number of fused-ring (bicyclic) bond motifs is 3. The van der Waals surface area contributed by atoms with Crippen molar-refractivity contribution in [1.82, 2.24) is 4.90 Å². The van der Waals surface area contributed by atoms with Gasteiger partial charge in [0, 0.05) is 11.8 Å². The quantitative estimate of drug-likeness (QED) is 0.671. The maximum absolute atomic E-state index is 5.00. The summed E-state index contributed by atoms with van der Waals surface area (Å²) in [6.07, 6.45) is 4.32. The first-order chi connectivity index (χ1) is 12.4. The second-order valence-corrected chi connectivity index (χ2v) is 6.20. The van der Waals surface area contributed by atoms with E-state index < -0.39 is 0 Å². The molecule has 0 fully saturated rings. The van der Waals surface area contributed by atoms with E-state index in [0.717, 1.165) is 11.5 Å². The summed E-state index contributed by atoms with van der Waals surface area (Å²) in [5.74, 6) is 0.996. The van der Waals surface area contributed by atoms with Gasteiger partial charge in [-0.1, -0.05) is 72.8 Å². The van der Waals surface area contributed by atoms with Crippen LogP contribution in [0.3, 0.4) is 0 Å². The molecule has 0 spiro atoms. The molecule has 0 saturated carbocycles. The number of benzene rings is 3. The largest absolute Gasteiger partial charge is 0.304 e. The number of hydrazone groups is 1. The van der Waals surface area contributed by atoms with Crippen LogP contribution in [0.15, 0.2) is 96.2 Å². The number of hydrogen-bond acceptors (Lipinski definition) is 3. The summed E-state index contributed by atoms with van der Waals surface area (Å²) in [5.41, 5.74) is 4.68. The van der Waals surface area contributed by atoms with Gasteiger partial charge in [0.05, 0.1) is 5.69 Å². The zero-order chi connectivity index (χ0) is 16.6. The standard InChI is InChI=1S/C22H17N3/c1-3-10-18(11-4-1)22-24-16-15-17-9-7-8-14-20(17)21(24)23-25(22)19-12-5-2-6-13-19/h1-16,22H. The Morgan fingerprint density at radius 2 is 1.40 bits per heavy atom. The Labute approximate surface area is 147 Å². The molecule has 120 valence electrons. The molecule has 25 heavy (non-hydrogen) atoms. The van der Waals surface area contributed by atoms with Crippen molar-refractivity contribution < 1.29 is 0 Å². The van der Waals surface area contributed by atoms with E-state index in [0.29, 0.717) is 0 Å². The van der Waals surface area contributed by atoms with Crippen LogP contribution in [0, 0.1) is 0 Å². The van der Waals surface area contributed by atoms with Gasteiger partial charge >= 0.3 is 0 Å². The van der Waals surface area contributed by atoms with Gasteiger partial charge in [0.15, 0.2) is 12.0 Å². The molecular formula is C22H17N3. The Morgan fingerprint density at radius 1 is 0.720 bits per heavy atom. The zero-order valence-electron chi connectivity index (χ0n) is 13.7. The van der Waals surface area contributed by atoms with Crippen molar-refractivity contribution in [3.8, 4) is 0 Å². The van der Waals surface area contributed by atoms with E-state index in [1.54, 1.807) is 0 Å². The summed E-state index contributed by atoms with van der Waals surface area (Å²) in [5, 5.41) is 7.11. The third kappa shape index (κ3) is 2.24. The SMILES string of the molecule is C1=CN2C(=NN(c3ccccc3)C2c2ccccc2)c2ccccc21. The van der Waals surface area contributed by atoms with Crippen molar-refractivity contribution in [2.45, 2.75) is 6.17 Å². The third-order valence-electron chi connectivity index (χ3n) is 4.68. The Kier molecular flexibility index (Phi) is 3.17. The van der Waals surface area contributed by atoms with Gasteiger partial charge in [0.2, 0.25) is 0 Å². The van der Waals surface area contributed by atoms with Crippen LogP contribution in [-0.4, -0.2) is 10.7 Å². The molecule has 0 aliphatic carbocycles. The lowest BCUT2D eigenvalue weighted by Crippen LogP contribution is -2.33. The molecule has 2 aliphatic rings. The fourth-order valence-corrected chi connectivity index (χ4v) is 3.50. The molecule has 0 N–H and O–H groups in total. The predicted octanol–water partition coefficient (Wildman–Crippen LogP) is 4.85. The van der Waals surface area contributed by atoms with Gasteiger partial charge in [-0.2, -0.15) is 5.10 Å². The van der Waals surface area contributed by atoms with Crippen LogP contribution in [0.1, 0.15) is 22.9 Å². The number of nitrogens with zero attached hydrogens (tertiary/aromatic N) is 3. The molecule has 0 saturated heterocycles. The molecule has 0 radical (unpaired) electrons. The number of amidine groups is 1. The Balaban J connectivity index is 1.68. The molecule has 3 aromatic rings. The highest BCUT2D eigenvalue weighted by Gasteiger charge is 2.37. The van der Waals surface area contributed by atoms with Crippen LogP contribution in [0.25, 0.3) is 6.08 Å². The summed E-state index contributed by atoms with van der Waals surface area (Å²) in [6, 6.07) is 29.3. The predicted molar refractivity (Wildman–Crippen MR) is 102 cm³/mol. The first kappa shape index (κ1) is 14.1. The molecule has 3 aromatic carbocycles. The van der Waals surface area contributed by atoms with Gasteiger partial charge in [-0.25, -0.2) is 5.01 Å². The molecule has 2 aliphatic heterocycles.